The van der Waals surface area contributed by atoms with Gasteiger partial charge in [0.15, 0.2) is 23.2 Å². The van der Waals surface area contributed by atoms with Crippen molar-refractivity contribution in [1.29, 1.82) is 0 Å². The van der Waals surface area contributed by atoms with Crippen molar-refractivity contribution in [1.82, 2.24) is 9.78 Å². The summed E-state index contributed by atoms with van der Waals surface area (Å²) in [6.45, 7) is 0. The Hall–Kier alpha value is -3.54. The van der Waals surface area contributed by atoms with Crippen LogP contribution in [0.5, 0.6) is 11.5 Å². The second-order valence-corrected chi connectivity index (χ2v) is 8.02. The van der Waals surface area contributed by atoms with Gasteiger partial charge in [0, 0.05) is 12.5 Å². The molecule has 0 unspecified atom stereocenters. The largest absolute Gasteiger partial charge is 0.493 e. The number of alkyl halides is 3. The summed E-state index contributed by atoms with van der Waals surface area (Å²) in [4.78, 5) is 12.7. The van der Waals surface area contributed by atoms with Gasteiger partial charge in [-0.3, -0.25) is 4.79 Å². The predicted molar refractivity (Wildman–Crippen MR) is 117 cm³/mol. The van der Waals surface area contributed by atoms with Crippen LogP contribution < -0.4 is 20.1 Å². The van der Waals surface area contributed by atoms with Crippen LogP contribution in [0.15, 0.2) is 36.4 Å². The standard InChI is InChI=1S/C22H18ClF5N4O3/c1-34-15-6-3-10(7-16(15)35-2)14-9-17(22(26,27)28)32-20(29-14)18(23)19(31-32)21(33)30-13-5-4-11(24)8-12(13)25/h3-8,14,17,29H,9H2,1-2H3,(H,30,33)/t14-,17+/m0/s1. The Balaban J connectivity index is 1.71. The summed E-state index contributed by atoms with van der Waals surface area (Å²) in [5, 5.41) is 8.44. The lowest BCUT2D eigenvalue weighted by Gasteiger charge is -2.33. The third kappa shape index (κ3) is 4.70. The fourth-order valence-electron chi connectivity index (χ4n) is 3.80. The molecular weight excluding hydrogens is 499 g/mol. The molecule has 2 heterocycles. The van der Waals surface area contributed by atoms with Crippen LogP contribution in [0.1, 0.15) is 34.6 Å². The maximum atomic E-state index is 14.0. The number of fused-ring (bicyclic) bond motifs is 1. The smallest absolute Gasteiger partial charge is 0.410 e. The van der Waals surface area contributed by atoms with Gasteiger partial charge in [0.05, 0.1) is 25.9 Å². The first kappa shape index (κ1) is 24.6. The number of carbonyl (C=O) groups is 1. The zero-order chi connectivity index (χ0) is 25.5. The van der Waals surface area contributed by atoms with Gasteiger partial charge in [-0.2, -0.15) is 18.3 Å². The number of benzene rings is 2. The fourth-order valence-corrected chi connectivity index (χ4v) is 4.06. The number of halogens is 6. The average molecular weight is 517 g/mol. The van der Waals surface area contributed by atoms with E-state index in [0.29, 0.717) is 27.8 Å². The first-order chi connectivity index (χ1) is 16.5. The van der Waals surface area contributed by atoms with Crippen molar-refractivity contribution in [3.8, 4) is 11.5 Å². The molecule has 4 rings (SSSR count). The van der Waals surface area contributed by atoms with Crippen molar-refractivity contribution in [3.63, 3.8) is 0 Å². The van der Waals surface area contributed by atoms with Crippen molar-refractivity contribution >= 4 is 29.0 Å². The van der Waals surface area contributed by atoms with E-state index in [1.807, 2.05) is 0 Å². The summed E-state index contributed by atoms with van der Waals surface area (Å²) < 4.78 is 80.0. The van der Waals surface area contributed by atoms with Gasteiger partial charge in [0.2, 0.25) is 0 Å². The second-order valence-electron chi connectivity index (χ2n) is 7.64. The third-order valence-corrected chi connectivity index (χ3v) is 5.86. The summed E-state index contributed by atoms with van der Waals surface area (Å²) in [5.41, 5.74) is -0.484. The number of rotatable bonds is 5. The molecule has 1 aromatic heterocycles. The molecule has 0 saturated carbocycles. The Morgan fingerprint density at radius 1 is 1.14 bits per heavy atom. The molecule has 0 aliphatic carbocycles. The molecule has 186 valence electrons. The zero-order valence-electron chi connectivity index (χ0n) is 18.2. The van der Waals surface area contributed by atoms with Crippen molar-refractivity contribution in [2.24, 2.45) is 0 Å². The molecule has 2 atom stereocenters. The van der Waals surface area contributed by atoms with E-state index in [4.69, 9.17) is 21.1 Å². The third-order valence-electron chi connectivity index (χ3n) is 5.50. The van der Waals surface area contributed by atoms with Crippen molar-refractivity contribution in [3.05, 3.63) is 64.3 Å². The Morgan fingerprint density at radius 3 is 2.49 bits per heavy atom. The predicted octanol–water partition coefficient (Wildman–Crippen LogP) is 5.74. The van der Waals surface area contributed by atoms with Crippen LogP contribution in [0, 0.1) is 11.6 Å². The molecule has 3 aromatic rings. The average Bonchev–Trinajstić information content (AvgIpc) is 3.15. The van der Waals surface area contributed by atoms with E-state index in [-0.39, 0.29) is 16.5 Å². The van der Waals surface area contributed by atoms with Gasteiger partial charge in [-0.25, -0.2) is 13.5 Å². The minimum absolute atomic E-state index is 0.232. The first-order valence-corrected chi connectivity index (χ1v) is 10.5. The Morgan fingerprint density at radius 2 is 1.86 bits per heavy atom. The van der Waals surface area contributed by atoms with Crippen molar-refractivity contribution in [2.45, 2.75) is 24.7 Å². The molecule has 0 spiro atoms. The summed E-state index contributed by atoms with van der Waals surface area (Å²) >= 11 is 6.27. The van der Waals surface area contributed by atoms with Crippen LogP contribution in [0.25, 0.3) is 0 Å². The van der Waals surface area contributed by atoms with Crippen molar-refractivity contribution < 1.29 is 36.2 Å². The molecule has 1 aliphatic heterocycles. The van der Waals surface area contributed by atoms with E-state index < -0.39 is 47.9 Å². The number of methoxy groups -OCH3 is 2. The van der Waals surface area contributed by atoms with E-state index in [1.165, 1.54) is 20.3 Å². The van der Waals surface area contributed by atoms with Crippen LogP contribution in [0.4, 0.5) is 33.5 Å². The highest BCUT2D eigenvalue weighted by Crippen LogP contribution is 2.47. The molecule has 0 radical (unpaired) electrons. The normalized spacial score (nSPS) is 17.4. The molecule has 7 nitrogen and oxygen atoms in total. The molecule has 0 fully saturated rings. The van der Waals surface area contributed by atoms with Gasteiger partial charge in [-0.05, 0) is 29.8 Å². The molecule has 1 amide bonds. The number of amides is 1. The Labute approximate surface area is 200 Å². The minimum Gasteiger partial charge on any atom is -0.493 e. The summed E-state index contributed by atoms with van der Waals surface area (Å²) in [5.74, 6) is -2.51. The molecule has 1 aliphatic rings. The van der Waals surface area contributed by atoms with Gasteiger partial charge in [-0.1, -0.05) is 17.7 Å². The molecular formula is C22H18ClF5N4O3. The minimum atomic E-state index is -4.72. The first-order valence-electron chi connectivity index (χ1n) is 10.1. The van der Waals surface area contributed by atoms with Gasteiger partial charge < -0.3 is 20.1 Å². The lowest BCUT2D eigenvalue weighted by atomic mass is 9.96. The van der Waals surface area contributed by atoms with E-state index in [0.717, 1.165) is 12.1 Å². The van der Waals surface area contributed by atoms with Gasteiger partial charge in [0.25, 0.3) is 5.91 Å². The van der Waals surface area contributed by atoms with Crippen molar-refractivity contribution in [2.75, 3.05) is 24.9 Å². The van der Waals surface area contributed by atoms with Gasteiger partial charge in [0.1, 0.15) is 22.5 Å². The number of hydrogen-bond acceptors (Lipinski definition) is 5. The number of anilines is 2. The lowest BCUT2D eigenvalue weighted by Crippen LogP contribution is -2.35. The topological polar surface area (TPSA) is 77.4 Å². The number of ether oxygens (including phenoxy) is 2. The van der Waals surface area contributed by atoms with Crippen LogP contribution >= 0.6 is 11.6 Å². The monoisotopic (exact) mass is 516 g/mol. The van der Waals surface area contributed by atoms with E-state index >= 15 is 0 Å². The second kappa shape index (κ2) is 9.25. The SMILES string of the molecule is COc1ccc([C@@H]2C[C@H](C(F)(F)F)n3nc(C(=O)Nc4ccc(F)cc4F)c(Cl)c3N2)cc1OC. The van der Waals surface area contributed by atoms with Crippen LogP contribution in [-0.4, -0.2) is 36.1 Å². The van der Waals surface area contributed by atoms with E-state index in [9.17, 15) is 26.7 Å². The number of carbonyl (C=O) groups excluding carboxylic acids is 1. The highest BCUT2D eigenvalue weighted by molar-refractivity contribution is 6.36. The quantitative estimate of drug-likeness (QED) is 0.423. The summed E-state index contributed by atoms with van der Waals surface area (Å²) in [6.07, 6.45) is -5.19. The molecule has 13 heteroatoms. The fraction of sp³-hybridized carbons (Fsp3) is 0.273. The Kier molecular flexibility index (Phi) is 6.50. The van der Waals surface area contributed by atoms with Gasteiger partial charge in [-0.15, -0.1) is 0 Å². The summed E-state index contributed by atoms with van der Waals surface area (Å²) in [6, 6.07) is 4.12. The molecule has 0 saturated heterocycles. The number of nitrogens with one attached hydrogen (secondary N) is 2. The lowest BCUT2D eigenvalue weighted by molar-refractivity contribution is -0.173. The number of hydrogen-bond donors (Lipinski definition) is 2. The molecule has 35 heavy (non-hydrogen) atoms. The van der Waals surface area contributed by atoms with E-state index in [1.54, 1.807) is 12.1 Å². The molecule has 2 aromatic carbocycles. The molecule has 0 bridgehead atoms. The molecule has 2 N–H and O–H groups in total. The number of nitrogens with zero attached hydrogens (tertiary/aromatic N) is 2. The van der Waals surface area contributed by atoms with Crippen LogP contribution in [0.3, 0.4) is 0 Å². The van der Waals surface area contributed by atoms with E-state index in [2.05, 4.69) is 15.7 Å². The maximum Gasteiger partial charge on any atom is 0.410 e. The summed E-state index contributed by atoms with van der Waals surface area (Å²) in [7, 11) is 2.83. The van der Waals surface area contributed by atoms with Crippen LogP contribution in [-0.2, 0) is 0 Å². The number of aromatic nitrogens is 2. The van der Waals surface area contributed by atoms with Crippen LogP contribution in [0.2, 0.25) is 5.02 Å². The maximum absolute atomic E-state index is 14.0. The highest BCUT2D eigenvalue weighted by atomic mass is 35.5. The highest BCUT2D eigenvalue weighted by Gasteiger charge is 2.48. The Bertz CT molecular complexity index is 1280. The zero-order valence-corrected chi connectivity index (χ0v) is 19.0. The van der Waals surface area contributed by atoms with Gasteiger partial charge >= 0.3 is 6.18 Å².